The lowest BCUT2D eigenvalue weighted by atomic mass is 10.4. The van der Waals surface area contributed by atoms with Gasteiger partial charge in [0, 0.05) is 0 Å². The summed E-state index contributed by atoms with van der Waals surface area (Å²) in [6.45, 7) is 1.68. The van der Waals surface area contributed by atoms with Crippen LogP contribution in [0.25, 0.3) is 0 Å². The summed E-state index contributed by atoms with van der Waals surface area (Å²) in [4.78, 5) is 0. The molecule has 2 aromatic carbocycles. The zero-order chi connectivity index (χ0) is 11.4. The third-order valence-corrected chi connectivity index (χ3v) is 5.90. The molecule has 82 valence electrons. The molecule has 0 aliphatic carbocycles. The zero-order valence-corrected chi connectivity index (χ0v) is 10.5. The van der Waals surface area contributed by atoms with Crippen LogP contribution in [0.2, 0.25) is 0 Å². The van der Waals surface area contributed by atoms with E-state index in [-0.39, 0.29) is 0 Å². The van der Waals surface area contributed by atoms with E-state index in [4.69, 9.17) is 0 Å². The van der Waals surface area contributed by atoms with E-state index >= 15 is 0 Å². The average molecular weight is 230 g/mol. The molecule has 0 radical (unpaired) electrons. The molecule has 0 aliphatic heterocycles. The molecule has 1 atom stereocenters. The third-order valence-electron chi connectivity index (χ3n) is 2.78. The summed E-state index contributed by atoms with van der Waals surface area (Å²) >= 11 is 0. The molecule has 0 fully saturated rings. The number of alkyl halides is 1. The molecule has 0 nitrogen and oxygen atoms in total. The SMILES string of the molecule is CC(F)[SiH](c1ccccc1)c1ccccc1. The van der Waals surface area contributed by atoms with E-state index in [1.807, 2.05) is 60.7 Å². The van der Waals surface area contributed by atoms with Gasteiger partial charge in [0.2, 0.25) is 0 Å². The minimum Gasteiger partial charge on any atom is -0.251 e. The molecule has 2 heteroatoms. The van der Waals surface area contributed by atoms with Gasteiger partial charge in [-0.3, -0.25) is 4.39 Å². The van der Waals surface area contributed by atoms with Crippen molar-refractivity contribution in [3.8, 4) is 0 Å². The lowest BCUT2D eigenvalue weighted by Gasteiger charge is -2.17. The molecular weight excluding hydrogens is 215 g/mol. The summed E-state index contributed by atoms with van der Waals surface area (Å²) in [5, 5.41) is 2.34. The Morgan fingerprint density at radius 2 is 1.19 bits per heavy atom. The fourth-order valence-corrected chi connectivity index (χ4v) is 4.76. The monoisotopic (exact) mass is 230 g/mol. The van der Waals surface area contributed by atoms with Crippen molar-refractivity contribution in [3.63, 3.8) is 0 Å². The molecule has 0 saturated carbocycles. The van der Waals surface area contributed by atoms with Crippen molar-refractivity contribution in [1.29, 1.82) is 0 Å². The predicted octanol–water partition coefficient (Wildman–Crippen LogP) is 1.93. The number of hydrogen-bond donors (Lipinski definition) is 0. The summed E-state index contributed by atoms with van der Waals surface area (Å²) < 4.78 is 13.8. The van der Waals surface area contributed by atoms with Crippen molar-refractivity contribution >= 4 is 19.2 Å². The molecule has 0 amide bonds. The van der Waals surface area contributed by atoms with E-state index in [0.717, 1.165) is 0 Å². The van der Waals surface area contributed by atoms with Crippen LogP contribution in [0.1, 0.15) is 6.92 Å². The summed E-state index contributed by atoms with van der Waals surface area (Å²) in [6.07, 6.45) is 0. The van der Waals surface area contributed by atoms with Crippen LogP contribution in [0.5, 0.6) is 0 Å². The van der Waals surface area contributed by atoms with Gasteiger partial charge in [-0.25, -0.2) is 0 Å². The first-order valence-electron chi connectivity index (χ1n) is 5.53. The lowest BCUT2D eigenvalue weighted by Crippen LogP contribution is -2.48. The van der Waals surface area contributed by atoms with Gasteiger partial charge in [0.05, 0.1) is 5.79 Å². The number of rotatable bonds is 3. The topological polar surface area (TPSA) is 0 Å². The summed E-state index contributed by atoms with van der Waals surface area (Å²) in [6, 6.07) is 20.1. The van der Waals surface area contributed by atoms with Crippen LogP contribution in [0.3, 0.4) is 0 Å². The first-order valence-corrected chi connectivity index (χ1v) is 7.35. The van der Waals surface area contributed by atoms with E-state index in [9.17, 15) is 4.39 Å². The predicted molar refractivity (Wildman–Crippen MR) is 69.9 cm³/mol. The molecule has 16 heavy (non-hydrogen) atoms. The van der Waals surface area contributed by atoms with Crippen molar-refractivity contribution < 1.29 is 4.39 Å². The van der Waals surface area contributed by atoms with Crippen molar-refractivity contribution in [3.05, 3.63) is 60.7 Å². The first kappa shape index (κ1) is 11.1. The molecule has 2 aromatic rings. The Hall–Kier alpha value is -1.41. The van der Waals surface area contributed by atoms with Crippen LogP contribution >= 0.6 is 0 Å². The highest BCUT2D eigenvalue weighted by molar-refractivity contribution is 6.86. The molecule has 0 aromatic heterocycles. The van der Waals surface area contributed by atoms with Gasteiger partial charge >= 0.3 is 0 Å². The Labute approximate surface area is 97.4 Å². The molecule has 0 heterocycles. The van der Waals surface area contributed by atoms with Gasteiger partial charge in [-0.05, 0) is 6.92 Å². The smallest absolute Gasteiger partial charge is 0.140 e. The highest BCUT2D eigenvalue weighted by atomic mass is 28.3. The summed E-state index contributed by atoms with van der Waals surface area (Å²) in [5.41, 5.74) is 0. The summed E-state index contributed by atoms with van der Waals surface area (Å²) in [5.74, 6) is -0.746. The Morgan fingerprint density at radius 3 is 1.50 bits per heavy atom. The maximum atomic E-state index is 13.8. The maximum absolute atomic E-state index is 13.8. The van der Waals surface area contributed by atoms with Gasteiger partial charge in [0.25, 0.3) is 0 Å². The standard InChI is InChI=1S/C14H15FSi/c1-12(15)16(13-8-4-2-5-9-13)14-10-6-3-7-11-14/h2-12,16H,1H3. The number of benzene rings is 2. The molecule has 0 spiro atoms. The van der Waals surface area contributed by atoms with Gasteiger partial charge in [-0.15, -0.1) is 0 Å². The zero-order valence-electron chi connectivity index (χ0n) is 9.31. The molecule has 0 saturated heterocycles. The van der Waals surface area contributed by atoms with Crippen molar-refractivity contribution in [2.45, 2.75) is 12.7 Å². The van der Waals surface area contributed by atoms with Crippen molar-refractivity contribution in [2.24, 2.45) is 0 Å². The number of halogens is 1. The van der Waals surface area contributed by atoms with Gasteiger partial charge in [0.1, 0.15) is 8.80 Å². The third kappa shape index (κ3) is 2.39. The molecule has 0 N–H and O–H groups in total. The fraction of sp³-hybridized carbons (Fsp3) is 0.143. The van der Waals surface area contributed by atoms with Crippen LogP contribution in [0.15, 0.2) is 60.7 Å². The minimum absolute atomic E-state index is 0.746. The van der Waals surface area contributed by atoms with E-state index in [2.05, 4.69) is 0 Å². The second kappa shape index (κ2) is 5.08. The molecular formula is C14H15FSi. The molecule has 1 unspecified atom stereocenters. The number of hydrogen-bond acceptors (Lipinski definition) is 0. The highest BCUT2D eigenvalue weighted by Gasteiger charge is 2.22. The summed E-state index contributed by atoms with van der Waals surface area (Å²) in [7, 11) is -1.69. The van der Waals surface area contributed by atoms with E-state index in [0.29, 0.717) is 0 Å². The van der Waals surface area contributed by atoms with Crippen LogP contribution in [-0.4, -0.2) is 14.6 Å². The van der Waals surface area contributed by atoms with Crippen LogP contribution < -0.4 is 10.4 Å². The molecule has 2 rings (SSSR count). The minimum atomic E-state index is -1.69. The molecule has 0 aliphatic rings. The van der Waals surface area contributed by atoms with Crippen molar-refractivity contribution in [1.82, 2.24) is 0 Å². The highest BCUT2D eigenvalue weighted by Crippen LogP contribution is 2.00. The first-order chi connectivity index (χ1) is 7.79. The Morgan fingerprint density at radius 1 is 0.812 bits per heavy atom. The lowest BCUT2D eigenvalue weighted by molar-refractivity contribution is 0.467. The Balaban J connectivity index is 2.40. The van der Waals surface area contributed by atoms with Gasteiger partial charge in [-0.1, -0.05) is 71.0 Å². The van der Waals surface area contributed by atoms with Gasteiger partial charge < -0.3 is 0 Å². The average Bonchev–Trinajstić information content (AvgIpc) is 2.31. The quantitative estimate of drug-likeness (QED) is 0.707. The van der Waals surface area contributed by atoms with Crippen LogP contribution in [-0.2, 0) is 0 Å². The fourth-order valence-electron chi connectivity index (χ4n) is 2.04. The van der Waals surface area contributed by atoms with Gasteiger partial charge in [-0.2, -0.15) is 0 Å². The van der Waals surface area contributed by atoms with E-state index in [1.165, 1.54) is 10.4 Å². The largest absolute Gasteiger partial charge is 0.251 e. The van der Waals surface area contributed by atoms with E-state index < -0.39 is 14.6 Å². The Kier molecular flexibility index (Phi) is 3.52. The Bertz CT molecular complexity index is 386. The maximum Gasteiger partial charge on any atom is 0.140 e. The normalized spacial score (nSPS) is 12.7. The molecule has 0 bridgehead atoms. The van der Waals surface area contributed by atoms with Crippen LogP contribution in [0.4, 0.5) is 4.39 Å². The van der Waals surface area contributed by atoms with Gasteiger partial charge in [0.15, 0.2) is 0 Å². The second-order valence-electron chi connectivity index (χ2n) is 3.98. The van der Waals surface area contributed by atoms with Crippen molar-refractivity contribution in [2.75, 3.05) is 0 Å². The van der Waals surface area contributed by atoms with E-state index in [1.54, 1.807) is 6.92 Å². The second-order valence-corrected chi connectivity index (χ2v) is 7.18. The van der Waals surface area contributed by atoms with Crippen LogP contribution in [0, 0.1) is 0 Å².